The Morgan fingerprint density at radius 2 is 1.96 bits per heavy atom. The van der Waals surface area contributed by atoms with Crippen LogP contribution in [-0.2, 0) is 4.79 Å². The number of hydrogen-bond acceptors (Lipinski definition) is 3. The minimum Gasteiger partial charge on any atom is -0.352 e. The number of amides is 2. The molecule has 0 saturated carbocycles. The first-order valence-corrected chi connectivity index (χ1v) is 8.22. The Bertz CT molecular complexity index is 587. The van der Waals surface area contributed by atoms with E-state index in [-0.39, 0.29) is 18.0 Å². The molecule has 1 aliphatic heterocycles. The molecule has 7 heteroatoms. The highest BCUT2D eigenvalue weighted by Gasteiger charge is 2.21. The van der Waals surface area contributed by atoms with Gasteiger partial charge in [0.15, 0.2) is 0 Å². The lowest BCUT2D eigenvalue weighted by Gasteiger charge is -2.31. The topological polar surface area (TPSA) is 75.4 Å². The third kappa shape index (κ3) is 4.99. The summed E-state index contributed by atoms with van der Waals surface area (Å²) in [5, 5.41) is 2.55. The zero-order valence-corrected chi connectivity index (χ0v) is 13.6. The molecule has 0 atom stereocenters. The minimum absolute atomic E-state index is 0.0627. The molecule has 0 unspecified atom stereocenters. The molecule has 0 bridgehead atoms. The summed E-state index contributed by atoms with van der Waals surface area (Å²) in [4.78, 5) is 25.7. The quantitative estimate of drug-likeness (QED) is 0.774. The number of carbonyl (C=O) groups excluding carboxylic acids is 2. The normalized spacial score (nSPS) is 15.4. The van der Waals surface area contributed by atoms with Gasteiger partial charge in [-0.15, -0.1) is 0 Å². The number of nitrogens with one attached hydrogen (secondary N) is 1. The van der Waals surface area contributed by atoms with Crippen molar-refractivity contribution in [3.05, 3.63) is 35.4 Å². The van der Waals surface area contributed by atoms with E-state index in [0.29, 0.717) is 31.4 Å². The maximum absolute atomic E-state index is 13.5. The number of piperidine rings is 1. The molecule has 2 amide bonds. The van der Waals surface area contributed by atoms with Gasteiger partial charge in [-0.25, -0.2) is 8.78 Å². The van der Waals surface area contributed by atoms with Gasteiger partial charge < -0.3 is 16.0 Å². The molecule has 2 rings (SSSR count). The van der Waals surface area contributed by atoms with Gasteiger partial charge in [0.1, 0.15) is 11.6 Å². The zero-order valence-electron chi connectivity index (χ0n) is 13.6. The molecule has 0 spiro atoms. The SMILES string of the molecule is NCC1CCN(C(=O)CCCNC(=O)c2ccc(F)cc2F)CC1. The number of halogens is 2. The summed E-state index contributed by atoms with van der Waals surface area (Å²) in [6.45, 7) is 2.39. The third-order valence-corrected chi connectivity index (χ3v) is 4.33. The lowest BCUT2D eigenvalue weighted by molar-refractivity contribution is -0.132. The molecule has 5 nitrogen and oxygen atoms in total. The molecule has 1 heterocycles. The Labute approximate surface area is 140 Å². The monoisotopic (exact) mass is 339 g/mol. The van der Waals surface area contributed by atoms with Gasteiger partial charge >= 0.3 is 0 Å². The first-order valence-electron chi connectivity index (χ1n) is 8.22. The van der Waals surface area contributed by atoms with E-state index in [1.54, 1.807) is 0 Å². The van der Waals surface area contributed by atoms with Crippen molar-refractivity contribution in [3.63, 3.8) is 0 Å². The average molecular weight is 339 g/mol. The van der Waals surface area contributed by atoms with Crippen LogP contribution < -0.4 is 11.1 Å². The Morgan fingerprint density at radius 1 is 1.25 bits per heavy atom. The van der Waals surface area contributed by atoms with Crippen molar-refractivity contribution in [3.8, 4) is 0 Å². The lowest BCUT2D eigenvalue weighted by Crippen LogP contribution is -2.40. The summed E-state index contributed by atoms with van der Waals surface area (Å²) in [6, 6.07) is 2.81. The van der Waals surface area contributed by atoms with Crippen LogP contribution in [0, 0.1) is 17.6 Å². The van der Waals surface area contributed by atoms with Crippen LogP contribution in [0.5, 0.6) is 0 Å². The highest BCUT2D eigenvalue weighted by molar-refractivity contribution is 5.94. The second kappa shape index (κ2) is 8.73. The Hall–Kier alpha value is -2.02. The summed E-state index contributed by atoms with van der Waals surface area (Å²) in [6.07, 6.45) is 2.68. The highest BCUT2D eigenvalue weighted by Crippen LogP contribution is 2.16. The van der Waals surface area contributed by atoms with Crippen LogP contribution in [0.4, 0.5) is 8.78 Å². The maximum atomic E-state index is 13.5. The van der Waals surface area contributed by atoms with Gasteiger partial charge in [-0.3, -0.25) is 9.59 Å². The predicted octanol–water partition coefficient (Wildman–Crippen LogP) is 1.67. The van der Waals surface area contributed by atoms with E-state index in [4.69, 9.17) is 5.73 Å². The predicted molar refractivity (Wildman–Crippen MR) is 86.3 cm³/mol. The van der Waals surface area contributed by atoms with Gasteiger partial charge in [0.2, 0.25) is 5.91 Å². The fourth-order valence-corrected chi connectivity index (χ4v) is 2.79. The number of nitrogens with zero attached hydrogens (tertiary/aromatic N) is 1. The van der Waals surface area contributed by atoms with Crippen molar-refractivity contribution in [2.24, 2.45) is 11.7 Å². The number of benzene rings is 1. The van der Waals surface area contributed by atoms with Gasteiger partial charge in [0.25, 0.3) is 5.91 Å². The van der Waals surface area contributed by atoms with Crippen LogP contribution >= 0.6 is 0 Å². The average Bonchev–Trinajstić information content (AvgIpc) is 2.58. The molecule has 0 aliphatic carbocycles. The molecule has 1 aromatic rings. The van der Waals surface area contributed by atoms with Crippen LogP contribution in [0.2, 0.25) is 0 Å². The highest BCUT2D eigenvalue weighted by atomic mass is 19.1. The summed E-state index contributed by atoms with van der Waals surface area (Å²) in [5.41, 5.74) is 5.42. The van der Waals surface area contributed by atoms with E-state index < -0.39 is 17.5 Å². The van der Waals surface area contributed by atoms with Crippen LogP contribution in [0.1, 0.15) is 36.0 Å². The van der Waals surface area contributed by atoms with E-state index in [9.17, 15) is 18.4 Å². The number of rotatable bonds is 6. The number of carbonyl (C=O) groups is 2. The molecule has 3 N–H and O–H groups in total. The van der Waals surface area contributed by atoms with Crippen molar-refractivity contribution in [1.29, 1.82) is 0 Å². The second-order valence-electron chi connectivity index (χ2n) is 6.04. The Balaban J connectivity index is 1.69. The molecular formula is C17H23F2N3O2. The van der Waals surface area contributed by atoms with Crippen LogP contribution in [0.25, 0.3) is 0 Å². The van der Waals surface area contributed by atoms with E-state index >= 15 is 0 Å². The molecule has 1 aliphatic rings. The smallest absolute Gasteiger partial charge is 0.254 e. The molecule has 1 fully saturated rings. The van der Waals surface area contributed by atoms with Gasteiger partial charge in [0.05, 0.1) is 5.56 Å². The minimum atomic E-state index is -0.897. The van der Waals surface area contributed by atoms with Crippen molar-refractivity contribution in [1.82, 2.24) is 10.2 Å². The second-order valence-corrected chi connectivity index (χ2v) is 6.04. The van der Waals surface area contributed by atoms with E-state index in [0.717, 1.165) is 38.1 Å². The first kappa shape index (κ1) is 18.3. The fraction of sp³-hybridized carbons (Fsp3) is 0.529. The lowest BCUT2D eigenvalue weighted by atomic mass is 9.97. The van der Waals surface area contributed by atoms with E-state index in [1.165, 1.54) is 0 Å². The van der Waals surface area contributed by atoms with Gasteiger partial charge in [-0.2, -0.15) is 0 Å². The summed E-state index contributed by atoms with van der Waals surface area (Å²) >= 11 is 0. The van der Waals surface area contributed by atoms with Gasteiger partial charge in [0, 0.05) is 32.1 Å². The molecule has 0 aromatic heterocycles. The number of likely N-dealkylation sites (tertiary alicyclic amines) is 1. The number of nitrogens with two attached hydrogens (primary N) is 1. The molecule has 0 radical (unpaired) electrons. The Kier molecular flexibility index (Phi) is 6.66. The van der Waals surface area contributed by atoms with Crippen LogP contribution in [0.3, 0.4) is 0 Å². The summed E-state index contributed by atoms with van der Waals surface area (Å²) < 4.78 is 26.3. The summed E-state index contributed by atoms with van der Waals surface area (Å²) in [5.74, 6) is -1.67. The van der Waals surface area contributed by atoms with Gasteiger partial charge in [-0.05, 0) is 43.9 Å². The Morgan fingerprint density at radius 3 is 2.58 bits per heavy atom. The molecule has 1 aromatic carbocycles. The summed E-state index contributed by atoms with van der Waals surface area (Å²) in [7, 11) is 0. The maximum Gasteiger partial charge on any atom is 0.254 e. The van der Waals surface area contributed by atoms with Crippen molar-refractivity contribution < 1.29 is 18.4 Å². The van der Waals surface area contributed by atoms with Crippen molar-refractivity contribution in [2.45, 2.75) is 25.7 Å². The van der Waals surface area contributed by atoms with Crippen LogP contribution in [0.15, 0.2) is 18.2 Å². The van der Waals surface area contributed by atoms with Crippen LogP contribution in [-0.4, -0.2) is 42.9 Å². The molecule has 24 heavy (non-hydrogen) atoms. The largest absolute Gasteiger partial charge is 0.352 e. The molecule has 132 valence electrons. The standard InChI is InChI=1S/C17H23F2N3O2/c18-13-3-4-14(15(19)10-13)17(24)21-7-1-2-16(23)22-8-5-12(11-20)6-9-22/h3-4,10,12H,1-2,5-9,11,20H2,(H,21,24). The van der Waals surface area contributed by atoms with E-state index in [1.807, 2.05) is 4.90 Å². The van der Waals surface area contributed by atoms with Gasteiger partial charge in [-0.1, -0.05) is 0 Å². The first-order chi connectivity index (χ1) is 11.5. The molecular weight excluding hydrogens is 316 g/mol. The zero-order chi connectivity index (χ0) is 17.5. The van der Waals surface area contributed by atoms with Crippen molar-refractivity contribution in [2.75, 3.05) is 26.2 Å². The fourth-order valence-electron chi connectivity index (χ4n) is 2.79. The third-order valence-electron chi connectivity index (χ3n) is 4.33. The number of hydrogen-bond donors (Lipinski definition) is 2. The van der Waals surface area contributed by atoms with Crippen molar-refractivity contribution >= 4 is 11.8 Å². The van der Waals surface area contributed by atoms with E-state index in [2.05, 4.69) is 5.32 Å². The molecule has 1 saturated heterocycles.